The molecule has 0 N–H and O–H groups in total. The zero-order valence-electron chi connectivity index (χ0n) is 7.84. The van der Waals surface area contributed by atoms with Crippen LogP contribution in [0.3, 0.4) is 0 Å². The van der Waals surface area contributed by atoms with Crippen LogP contribution < -0.4 is 0 Å². The molecule has 0 unspecified atom stereocenters. The predicted octanol–water partition coefficient (Wildman–Crippen LogP) is 1.73. The van der Waals surface area contributed by atoms with Gasteiger partial charge in [0.1, 0.15) is 0 Å². The van der Waals surface area contributed by atoms with E-state index in [4.69, 9.17) is 0 Å². The molecule has 0 bridgehead atoms. The summed E-state index contributed by atoms with van der Waals surface area (Å²) in [7, 11) is 4.37. The largest absolute Gasteiger partial charge is 0.245 e. The van der Waals surface area contributed by atoms with E-state index < -0.39 is 0 Å². The maximum atomic E-state index is 2.34. The van der Waals surface area contributed by atoms with Gasteiger partial charge in [-0.15, -0.1) is 0 Å². The van der Waals surface area contributed by atoms with Crippen molar-refractivity contribution in [1.82, 2.24) is 10.0 Å². The molecule has 11 heavy (non-hydrogen) atoms. The summed E-state index contributed by atoms with van der Waals surface area (Å²) < 4.78 is 0. The van der Waals surface area contributed by atoms with Crippen molar-refractivity contribution in [2.24, 2.45) is 0 Å². The van der Waals surface area contributed by atoms with Gasteiger partial charge in [-0.25, -0.2) is 10.0 Å². The first-order chi connectivity index (χ1) is 5.30. The van der Waals surface area contributed by atoms with Crippen molar-refractivity contribution in [3.63, 3.8) is 0 Å². The van der Waals surface area contributed by atoms with Gasteiger partial charge in [-0.3, -0.25) is 0 Å². The summed E-state index contributed by atoms with van der Waals surface area (Å²) in [6.07, 6.45) is 6.99. The first-order valence-corrected chi connectivity index (χ1v) is 4.73. The molecule has 0 saturated carbocycles. The van der Waals surface area contributed by atoms with Crippen LogP contribution in [-0.4, -0.2) is 37.2 Å². The fourth-order valence-corrected chi connectivity index (χ4v) is 1.55. The lowest BCUT2D eigenvalue weighted by Gasteiger charge is -2.27. The van der Waals surface area contributed by atoms with Gasteiger partial charge >= 0.3 is 0 Å². The third-order valence-electron chi connectivity index (χ3n) is 2.55. The fraction of sp³-hybridized carbons (Fsp3) is 1.00. The molecule has 66 valence electrons. The first-order valence-electron chi connectivity index (χ1n) is 4.73. The molecule has 0 amide bonds. The minimum Gasteiger partial charge on any atom is -0.245 e. The Morgan fingerprint density at radius 2 is 1.00 bits per heavy atom. The van der Waals surface area contributed by atoms with Gasteiger partial charge in [0.05, 0.1) is 0 Å². The van der Waals surface area contributed by atoms with Crippen LogP contribution in [0.2, 0.25) is 0 Å². The molecule has 2 nitrogen and oxygen atoms in total. The number of hydrazine groups is 1. The van der Waals surface area contributed by atoms with Crippen molar-refractivity contribution in [1.29, 1.82) is 0 Å². The molecule has 1 aliphatic rings. The van der Waals surface area contributed by atoms with Gasteiger partial charge in [0, 0.05) is 27.2 Å². The molecule has 0 spiro atoms. The SMILES string of the molecule is CN1CCCCCCCN1C. The Bertz CT molecular complexity index is 91.7. The number of rotatable bonds is 0. The molecule has 0 radical (unpaired) electrons. The Balaban J connectivity index is 2.29. The molecule has 0 aromatic heterocycles. The highest BCUT2D eigenvalue weighted by Crippen LogP contribution is 2.08. The summed E-state index contributed by atoms with van der Waals surface area (Å²) in [4.78, 5) is 0. The van der Waals surface area contributed by atoms with Gasteiger partial charge in [0.2, 0.25) is 0 Å². The van der Waals surface area contributed by atoms with Gasteiger partial charge < -0.3 is 0 Å². The lowest BCUT2D eigenvalue weighted by Crippen LogP contribution is -2.37. The van der Waals surface area contributed by atoms with E-state index in [0.29, 0.717) is 0 Å². The average Bonchev–Trinajstić information content (AvgIpc) is 2.07. The minimum atomic E-state index is 1.23. The third kappa shape index (κ3) is 3.21. The van der Waals surface area contributed by atoms with Crippen LogP contribution in [-0.2, 0) is 0 Å². The molecule has 0 aromatic rings. The van der Waals surface area contributed by atoms with Crippen LogP contribution in [0.4, 0.5) is 0 Å². The number of hydrogen-bond donors (Lipinski definition) is 0. The van der Waals surface area contributed by atoms with Crippen molar-refractivity contribution < 1.29 is 0 Å². The Hall–Kier alpha value is -0.0800. The quantitative estimate of drug-likeness (QED) is 0.527. The Labute approximate surface area is 70.1 Å². The Morgan fingerprint density at radius 3 is 1.45 bits per heavy atom. The zero-order valence-corrected chi connectivity index (χ0v) is 7.84. The van der Waals surface area contributed by atoms with Gasteiger partial charge in [-0.1, -0.05) is 19.3 Å². The first kappa shape index (κ1) is 9.01. The summed E-state index contributed by atoms with van der Waals surface area (Å²) in [5, 5.41) is 4.68. The second kappa shape index (κ2) is 4.73. The topological polar surface area (TPSA) is 6.48 Å². The minimum absolute atomic E-state index is 1.23. The van der Waals surface area contributed by atoms with Crippen LogP contribution in [0, 0.1) is 0 Å². The van der Waals surface area contributed by atoms with Crippen molar-refractivity contribution in [3.8, 4) is 0 Å². The summed E-state index contributed by atoms with van der Waals surface area (Å²) >= 11 is 0. The molecule has 2 heteroatoms. The summed E-state index contributed by atoms with van der Waals surface area (Å²) in [5.74, 6) is 0. The standard InChI is InChI=1S/C9H20N2/c1-10-8-6-4-3-5-7-9-11(10)2/h3-9H2,1-2H3. The predicted molar refractivity (Wildman–Crippen MR) is 48.3 cm³/mol. The molecular weight excluding hydrogens is 136 g/mol. The van der Waals surface area contributed by atoms with E-state index >= 15 is 0 Å². The molecule has 1 heterocycles. The molecule has 0 atom stereocenters. The number of hydrogen-bond acceptors (Lipinski definition) is 2. The number of nitrogens with zero attached hydrogens (tertiary/aromatic N) is 2. The van der Waals surface area contributed by atoms with Crippen molar-refractivity contribution in [2.75, 3.05) is 27.2 Å². The average molecular weight is 156 g/mol. The summed E-state index contributed by atoms with van der Waals surface area (Å²) in [6, 6.07) is 0. The maximum absolute atomic E-state index is 2.34. The lowest BCUT2D eigenvalue weighted by molar-refractivity contribution is 0.0276. The Kier molecular flexibility index (Phi) is 3.87. The highest BCUT2D eigenvalue weighted by molar-refractivity contribution is 4.55. The second-order valence-corrected chi connectivity index (χ2v) is 3.53. The van der Waals surface area contributed by atoms with Crippen LogP contribution in [0.1, 0.15) is 32.1 Å². The van der Waals surface area contributed by atoms with Crippen LogP contribution >= 0.6 is 0 Å². The van der Waals surface area contributed by atoms with Gasteiger partial charge in [-0.2, -0.15) is 0 Å². The lowest BCUT2D eigenvalue weighted by atomic mass is 10.1. The molecule has 1 saturated heterocycles. The molecule has 1 aliphatic heterocycles. The zero-order chi connectivity index (χ0) is 8.10. The molecular formula is C9H20N2. The summed E-state index contributed by atoms with van der Waals surface area (Å²) in [6.45, 7) is 2.47. The summed E-state index contributed by atoms with van der Waals surface area (Å²) in [5.41, 5.74) is 0. The van der Waals surface area contributed by atoms with E-state index in [-0.39, 0.29) is 0 Å². The van der Waals surface area contributed by atoms with E-state index in [1.807, 2.05) is 0 Å². The van der Waals surface area contributed by atoms with Crippen molar-refractivity contribution >= 4 is 0 Å². The van der Waals surface area contributed by atoms with Gasteiger partial charge in [0.15, 0.2) is 0 Å². The third-order valence-corrected chi connectivity index (χ3v) is 2.55. The maximum Gasteiger partial charge on any atom is 0.0130 e. The van der Waals surface area contributed by atoms with E-state index in [1.165, 1.54) is 45.2 Å². The molecule has 0 aromatic carbocycles. The molecule has 1 rings (SSSR count). The molecule has 1 fully saturated rings. The highest BCUT2D eigenvalue weighted by Gasteiger charge is 2.06. The van der Waals surface area contributed by atoms with Crippen molar-refractivity contribution in [2.45, 2.75) is 32.1 Å². The van der Waals surface area contributed by atoms with Crippen LogP contribution in [0.25, 0.3) is 0 Å². The van der Waals surface area contributed by atoms with E-state index in [2.05, 4.69) is 24.1 Å². The molecule has 0 aliphatic carbocycles. The van der Waals surface area contributed by atoms with Crippen LogP contribution in [0.15, 0.2) is 0 Å². The van der Waals surface area contributed by atoms with Crippen LogP contribution in [0.5, 0.6) is 0 Å². The van der Waals surface area contributed by atoms with E-state index in [1.54, 1.807) is 0 Å². The van der Waals surface area contributed by atoms with Crippen molar-refractivity contribution in [3.05, 3.63) is 0 Å². The van der Waals surface area contributed by atoms with Gasteiger partial charge in [-0.05, 0) is 12.8 Å². The van der Waals surface area contributed by atoms with Gasteiger partial charge in [0.25, 0.3) is 0 Å². The van der Waals surface area contributed by atoms with E-state index in [0.717, 1.165) is 0 Å². The highest BCUT2D eigenvalue weighted by atomic mass is 15.6. The second-order valence-electron chi connectivity index (χ2n) is 3.53. The fourth-order valence-electron chi connectivity index (χ4n) is 1.55. The monoisotopic (exact) mass is 156 g/mol. The Morgan fingerprint density at radius 1 is 0.636 bits per heavy atom. The normalized spacial score (nSPS) is 25.6. The smallest absolute Gasteiger partial charge is 0.0130 e. The van der Waals surface area contributed by atoms with E-state index in [9.17, 15) is 0 Å².